The molecule has 8 heteroatoms. The van der Waals surface area contributed by atoms with Gasteiger partial charge in [-0.1, -0.05) is 11.6 Å². The number of carbonyl (C=O) groups excluding carboxylic acids is 2. The van der Waals surface area contributed by atoms with Crippen LogP contribution in [0.25, 0.3) is 0 Å². The molecular weight excluding hydrogens is 364 g/mol. The molecule has 1 heterocycles. The van der Waals surface area contributed by atoms with Crippen LogP contribution >= 0.6 is 22.9 Å². The molecule has 0 unspecified atom stereocenters. The predicted molar refractivity (Wildman–Crippen MR) is 97.4 cm³/mol. The van der Waals surface area contributed by atoms with Gasteiger partial charge in [-0.05, 0) is 37.1 Å². The van der Waals surface area contributed by atoms with Crippen LogP contribution in [0.3, 0.4) is 0 Å². The van der Waals surface area contributed by atoms with Gasteiger partial charge in [0.2, 0.25) is 5.91 Å². The van der Waals surface area contributed by atoms with E-state index in [2.05, 4.69) is 15.0 Å². The lowest BCUT2D eigenvalue weighted by Crippen LogP contribution is -2.13. The van der Waals surface area contributed by atoms with Crippen molar-refractivity contribution in [1.29, 1.82) is 0 Å². The second kappa shape index (κ2) is 9.39. The van der Waals surface area contributed by atoms with Gasteiger partial charge in [-0.3, -0.25) is 9.59 Å². The maximum atomic E-state index is 11.9. The van der Waals surface area contributed by atoms with Crippen molar-refractivity contribution < 1.29 is 19.1 Å². The average Bonchev–Trinajstić information content (AvgIpc) is 3.01. The number of amides is 1. The number of ether oxygens (including phenoxy) is 2. The summed E-state index contributed by atoms with van der Waals surface area (Å²) in [4.78, 5) is 27.3. The maximum absolute atomic E-state index is 11.9. The lowest BCUT2D eigenvalue weighted by Gasteiger charge is -2.07. The monoisotopic (exact) mass is 382 g/mol. The molecule has 0 spiro atoms. The highest BCUT2D eigenvalue weighted by atomic mass is 35.5. The molecule has 0 aliphatic carbocycles. The molecule has 1 N–H and O–H groups in total. The number of nitrogens with one attached hydrogen (secondary N) is 1. The summed E-state index contributed by atoms with van der Waals surface area (Å²) in [5.41, 5.74) is 1.53. The SMILES string of the molecule is COC(=O)Cc1csc(NC(=O)CCCOc2ccc(Cl)c(C)c2)n1. The van der Waals surface area contributed by atoms with E-state index in [0.717, 1.165) is 11.3 Å². The van der Waals surface area contributed by atoms with Crippen molar-refractivity contribution in [3.63, 3.8) is 0 Å². The third-order valence-electron chi connectivity index (χ3n) is 3.30. The fourth-order valence-electron chi connectivity index (χ4n) is 1.98. The maximum Gasteiger partial charge on any atom is 0.311 e. The summed E-state index contributed by atoms with van der Waals surface area (Å²) >= 11 is 7.23. The highest BCUT2D eigenvalue weighted by Crippen LogP contribution is 2.21. The quantitative estimate of drug-likeness (QED) is 0.557. The number of hydrogen-bond acceptors (Lipinski definition) is 6. The van der Waals surface area contributed by atoms with Crippen LogP contribution in [0, 0.1) is 6.92 Å². The first-order chi connectivity index (χ1) is 12.0. The first-order valence-electron chi connectivity index (χ1n) is 7.68. The lowest BCUT2D eigenvalue weighted by molar-refractivity contribution is -0.139. The number of esters is 1. The van der Waals surface area contributed by atoms with Crippen molar-refractivity contribution in [2.45, 2.75) is 26.2 Å². The van der Waals surface area contributed by atoms with Crippen LogP contribution in [0.1, 0.15) is 24.1 Å². The average molecular weight is 383 g/mol. The molecule has 25 heavy (non-hydrogen) atoms. The second-order valence-corrected chi connectivity index (χ2v) is 6.57. The number of aryl methyl sites for hydroxylation is 1. The van der Waals surface area contributed by atoms with E-state index in [1.165, 1.54) is 18.4 Å². The smallest absolute Gasteiger partial charge is 0.311 e. The number of benzene rings is 1. The Morgan fingerprint density at radius 3 is 2.88 bits per heavy atom. The number of rotatable bonds is 8. The van der Waals surface area contributed by atoms with E-state index < -0.39 is 0 Å². The Balaban J connectivity index is 1.70. The van der Waals surface area contributed by atoms with Crippen LogP contribution in [0.4, 0.5) is 5.13 Å². The molecule has 6 nitrogen and oxygen atoms in total. The summed E-state index contributed by atoms with van der Waals surface area (Å²) in [7, 11) is 1.32. The highest BCUT2D eigenvalue weighted by molar-refractivity contribution is 7.13. The van der Waals surface area contributed by atoms with Crippen molar-refractivity contribution >= 4 is 39.9 Å². The second-order valence-electron chi connectivity index (χ2n) is 5.31. The van der Waals surface area contributed by atoms with E-state index in [9.17, 15) is 9.59 Å². The molecule has 1 amide bonds. The summed E-state index contributed by atoms with van der Waals surface area (Å²) in [6.45, 7) is 2.34. The molecule has 0 fully saturated rings. The minimum Gasteiger partial charge on any atom is -0.494 e. The zero-order valence-corrected chi connectivity index (χ0v) is 15.6. The zero-order valence-electron chi connectivity index (χ0n) is 14.0. The van der Waals surface area contributed by atoms with Gasteiger partial charge in [-0.15, -0.1) is 11.3 Å². The molecule has 1 aromatic carbocycles. The molecular formula is C17H19ClN2O4S. The van der Waals surface area contributed by atoms with Crippen molar-refractivity contribution in [1.82, 2.24) is 4.98 Å². The van der Waals surface area contributed by atoms with Gasteiger partial charge >= 0.3 is 5.97 Å². The third kappa shape index (κ3) is 6.36. The Hall–Kier alpha value is -2.12. The number of halogens is 1. The van der Waals surface area contributed by atoms with Crippen LogP contribution in [-0.2, 0) is 20.7 Å². The number of anilines is 1. The zero-order chi connectivity index (χ0) is 18.2. The van der Waals surface area contributed by atoms with Crippen molar-refractivity contribution in [2.75, 3.05) is 19.0 Å². The van der Waals surface area contributed by atoms with Crippen molar-refractivity contribution in [3.05, 3.63) is 39.9 Å². The Bertz CT molecular complexity index is 748. The standard InChI is InChI=1S/C17H19ClN2O4S/c1-11-8-13(5-6-14(11)18)24-7-3-4-15(21)20-17-19-12(10-25-17)9-16(22)23-2/h5-6,8,10H,3-4,7,9H2,1-2H3,(H,19,20,21). The van der Waals surface area contributed by atoms with Crippen LogP contribution < -0.4 is 10.1 Å². The summed E-state index contributed by atoms with van der Waals surface area (Å²) in [5, 5.41) is 5.60. The summed E-state index contributed by atoms with van der Waals surface area (Å²) in [6, 6.07) is 5.45. The number of methoxy groups -OCH3 is 1. The number of nitrogens with zero attached hydrogens (tertiary/aromatic N) is 1. The van der Waals surface area contributed by atoms with Gasteiger partial charge in [-0.2, -0.15) is 0 Å². The van der Waals surface area contributed by atoms with Gasteiger partial charge in [-0.25, -0.2) is 4.98 Å². The molecule has 0 aliphatic rings. The fraction of sp³-hybridized carbons (Fsp3) is 0.353. The van der Waals surface area contributed by atoms with E-state index in [1.807, 2.05) is 13.0 Å². The molecule has 0 saturated heterocycles. The molecule has 1 aromatic heterocycles. The first kappa shape index (κ1) is 19.2. The fourth-order valence-corrected chi connectivity index (χ4v) is 2.82. The minimum atomic E-state index is -0.363. The van der Waals surface area contributed by atoms with Gasteiger partial charge in [0.1, 0.15) is 5.75 Å². The minimum absolute atomic E-state index is 0.0945. The number of thiazole rings is 1. The first-order valence-corrected chi connectivity index (χ1v) is 8.93. The van der Waals surface area contributed by atoms with Crippen LogP contribution in [0.5, 0.6) is 5.75 Å². The topological polar surface area (TPSA) is 77.5 Å². The Morgan fingerprint density at radius 2 is 2.16 bits per heavy atom. The largest absolute Gasteiger partial charge is 0.494 e. The molecule has 2 aromatic rings. The van der Waals surface area contributed by atoms with Crippen LogP contribution in [0.2, 0.25) is 5.02 Å². The highest BCUT2D eigenvalue weighted by Gasteiger charge is 2.10. The number of carbonyl (C=O) groups is 2. The Labute approximate surface area is 155 Å². The van der Waals surface area contributed by atoms with Gasteiger partial charge in [0, 0.05) is 16.8 Å². The van der Waals surface area contributed by atoms with Crippen molar-refractivity contribution in [3.8, 4) is 5.75 Å². The van der Waals surface area contributed by atoms with Gasteiger partial charge < -0.3 is 14.8 Å². The summed E-state index contributed by atoms with van der Waals surface area (Å²) in [6.07, 6.45) is 0.990. The molecule has 0 saturated carbocycles. The van der Waals surface area contributed by atoms with Gasteiger partial charge in [0.25, 0.3) is 0 Å². The molecule has 0 atom stereocenters. The molecule has 2 rings (SSSR count). The van der Waals surface area contributed by atoms with Crippen LogP contribution in [0.15, 0.2) is 23.6 Å². The summed E-state index contributed by atoms with van der Waals surface area (Å²) < 4.78 is 10.2. The predicted octanol–water partition coefficient (Wildman–Crippen LogP) is 3.62. The Kier molecular flexibility index (Phi) is 7.21. The van der Waals surface area contributed by atoms with Gasteiger partial charge in [0.05, 0.1) is 25.8 Å². The van der Waals surface area contributed by atoms with E-state index >= 15 is 0 Å². The molecule has 0 radical (unpaired) electrons. The lowest BCUT2D eigenvalue weighted by atomic mass is 10.2. The normalized spacial score (nSPS) is 10.4. The molecule has 134 valence electrons. The van der Waals surface area contributed by atoms with Crippen molar-refractivity contribution in [2.24, 2.45) is 0 Å². The third-order valence-corrected chi connectivity index (χ3v) is 4.53. The molecule has 0 bridgehead atoms. The van der Waals surface area contributed by atoms with Crippen LogP contribution in [-0.4, -0.2) is 30.6 Å². The van der Waals surface area contributed by atoms with E-state index in [1.54, 1.807) is 17.5 Å². The van der Waals surface area contributed by atoms with E-state index in [4.69, 9.17) is 16.3 Å². The van der Waals surface area contributed by atoms with E-state index in [-0.39, 0.29) is 18.3 Å². The molecule has 0 aliphatic heterocycles. The number of hydrogen-bond donors (Lipinski definition) is 1. The van der Waals surface area contributed by atoms with E-state index in [0.29, 0.717) is 35.3 Å². The summed E-state index contributed by atoms with van der Waals surface area (Å²) in [5.74, 6) is 0.224. The Morgan fingerprint density at radius 1 is 1.36 bits per heavy atom. The number of aromatic nitrogens is 1. The van der Waals surface area contributed by atoms with Gasteiger partial charge in [0.15, 0.2) is 5.13 Å².